The summed E-state index contributed by atoms with van der Waals surface area (Å²) in [7, 11) is -0.736. The first kappa shape index (κ1) is 13.3. The van der Waals surface area contributed by atoms with Crippen LogP contribution in [0.3, 0.4) is 0 Å². The Morgan fingerprint density at radius 3 is 2.83 bits per heavy atom. The fourth-order valence-corrected chi connectivity index (χ4v) is 3.32. The molecule has 1 amide bonds. The van der Waals surface area contributed by atoms with Crippen LogP contribution in [0.5, 0.6) is 0 Å². The number of nitrogen functional groups attached to an aromatic ring is 1. The summed E-state index contributed by atoms with van der Waals surface area (Å²) in [5, 5.41) is 3.16. The molecule has 5 nitrogen and oxygen atoms in total. The first-order chi connectivity index (χ1) is 8.56. The molecule has 1 fully saturated rings. The summed E-state index contributed by atoms with van der Waals surface area (Å²) in [4.78, 5) is 15.8. The molecule has 1 aliphatic heterocycles. The van der Waals surface area contributed by atoms with Crippen molar-refractivity contribution >= 4 is 34.1 Å². The summed E-state index contributed by atoms with van der Waals surface area (Å²) in [6.45, 7) is 0. The fourth-order valence-electron chi connectivity index (χ4n) is 1.83. The summed E-state index contributed by atoms with van der Waals surface area (Å²) in [5.74, 6) is 1.27. The van der Waals surface area contributed by atoms with Gasteiger partial charge in [-0.3, -0.25) is 9.00 Å². The minimum Gasteiger partial charge on any atom is -0.384 e. The van der Waals surface area contributed by atoms with E-state index in [-0.39, 0.29) is 22.8 Å². The highest BCUT2D eigenvalue weighted by molar-refractivity contribution is 7.85. The maximum Gasteiger partial charge on any atom is 0.253 e. The van der Waals surface area contributed by atoms with Crippen LogP contribution in [-0.4, -0.2) is 32.6 Å². The van der Waals surface area contributed by atoms with Crippen LogP contribution < -0.4 is 11.1 Å². The van der Waals surface area contributed by atoms with Crippen molar-refractivity contribution in [3.63, 3.8) is 0 Å². The van der Waals surface area contributed by atoms with Crippen molar-refractivity contribution in [3.8, 4) is 0 Å². The third-order valence-electron chi connectivity index (χ3n) is 2.84. The minimum atomic E-state index is -0.736. The third-order valence-corrected chi connectivity index (χ3v) is 4.53. The largest absolute Gasteiger partial charge is 0.384 e. The summed E-state index contributed by atoms with van der Waals surface area (Å²) >= 11 is 5.90. The Bertz CT molecular complexity index is 485. The molecule has 1 aromatic rings. The molecule has 0 atom stereocenters. The number of halogens is 1. The molecule has 1 aromatic heterocycles. The second-order valence-electron chi connectivity index (χ2n) is 4.18. The van der Waals surface area contributed by atoms with Gasteiger partial charge in [0.1, 0.15) is 5.82 Å². The average Bonchev–Trinajstić information content (AvgIpc) is 2.35. The molecular formula is C11H14ClN3O2S. The summed E-state index contributed by atoms with van der Waals surface area (Å²) in [6, 6.07) is 1.51. The molecule has 18 heavy (non-hydrogen) atoms. The molecular weight excluding hydrogens is 274 g/mol. The lowest BCUT2D eigenvalue weighted by atomic mass is 10.1. The molecule has 0 radical (unpaired) electrons. The third kappa shape index (κ3) is 3.20. The number of nitrogens with one attached hydrogen (secondary N) is 1. The van der Waals surface area contributed by atoms with Gasteiger partial charge in [0.15, 0.2) is 0 Å². The van der Waals surface area contributed by atoms with E-state index in [9.17, 15) is 9.00 Å². The number of aromatic nitrogens is 1. The number of rotatable bonds is 2. The number of nitrogens with zero attached hydrogens (tertiary/aromatic N) is 1. The highest BCUT2D eigenvalue weighted by atomic mass is 35.5. The van der Waals surface area contributed by atoms with E-state index in [1.807, 2.05) is 0 Å². The predicted molar refractivity (Wildman–Crippen MR) is 72.0 cm³/mol. The molecule has 98 valence electrons. The van der Waals surface area contributed by atoms with E-state index in [1.54, 1.807) is 0 Å². The summed E-state index contributed by atoms with van der Waals surface area (Å²) in [6.07, 6.45) is 2.83. The first-order valence-corrected chi connectivity index (χ1v) is 7.49. The van der Waals surface area contributed by atoms with Crippen LogP contribution in [0, 0.1) is 0 Å². The zero-order chi connectivity index (χ0) is 13.1. The Balaban J connectivity index is 2.03. The van der Waals surface area contributed by atoms with Crippen LogP contribution in [0.4, 0.5) is 5.82 Å². The Morgan fingerprint density at radius 2 is 2.17 bits per heavy atom. The molecule has 2 heterocycles. The van der Waals surface area contributed by atoms with Gasteiger partial charge in [0.05, 0.1) is 10.6 Å². The van der Waals surface area contributed by atoms with E-state index in [0.717, 1.165) is 12.8 Å². The van der Waals surface area contributed by atoms with Crippen molar-refractivity contribution in [3.05, 3.63) is 22.8 Å². The van der Waals surface area contributed by atoms with Crippen LogP contribution in [0.15, 0.2) is 12.3 Å². The van der Waals surface area contributed by atoms with E-state index < -0.39 is 10.8 Å². The van der Waals surface area contributed by atoms with Crippen LogP contribution >= 0.6 is 11.6 Å². The number of nitrogens with two attached hydrogens (primary N) is 1. The molecule has 0 aromatic carbocycles. The van der Waals surface area contributed by atoms with E-state index in [1.165, 1.54) is 12.3 Å². The van der Waals surface area contributed by atoms with Crippen molar-refractivity contribution in [2.45, 2.75) is 18.9 Å². The fraction of sp³-hybridized carbons (Fsp3) is 0.455. The first-order valence-electron chi connectivity index (χ1n) is 5.63. The average molecular weight is 288 g/mol. The molecule has 1 aliphatic rings. The summed E-state index contributed by atoms with van der Waals surface area (Å²) < 4.78 is 11.2. The zero-order valence-electron chi connectivity index (χ0n) is 9.69. The van der Waals surface area contributed by atoms with Crippen LogP contribution in [0.1, 0.15) is 23.2 Å². The van der Waals surface area contributed by atoms with Gasteiger partial charge in [0.2, 0.25) is 0 Å². The molecule has 0 spiro atoms. The maximum atomic E-state index is 12.0. The van der Waals surface area contributed by atoms with E-state index in [2.05, 4.69) is 10.3 Å². The normalized spacial score (nSPS) is 23.6. The number of amides is 1. The lowest BCUT2D eigenvalue weighted by Crippen LogP contribution is -2.39. The van der Waals surface area contributed by atoms with Crippen LogP contribution in [0.2, 0.25) is 5.02 Å². The SMILES string of the molecule is Nc1cc(C(=O)NC2CCS(=O)CC2)c(Cl)cn1. The lowest BCUT2D eigenvalue weighted by Gasteiger charge is -2.22. The van der Waals surface area contributed by atoms with Gasteiger partial charge in [-0.15, -0.1) is 0 Å². The van der Waals surface area contributed by atoms with Gasteiger partial charge in [-0.1, -0.05) is 11.6 Å². The lowest BCUT2D eigenvalue weighted by molar-refractivity contribution is 0.0934. The molecule has 1 saturated heterocycles. The van der Waals surface area contributed by atoms with Gasteiger partial charge in [-0.2, -0.15) is 0 Å². The summed E-state index contributed by atoms with van der Waals surface area (Å²) in [5.41, 5.74) is 5.86. The van der Waals surface area contributed by atoms with Crippen LogP contribution in [-0.2, 0) is 10.8 Å². The highest BCUT2D eigenvalue weighted by Gasteiger charge is 2.21. The highest BCUT2D eigenvalue weighted by Crippen LogP contribution is 2.17. The van der Waals surface area contributed by atoms with E-state index in [4.69, 9.17) is 17.3 Å². The van der Waals surface area contributed by atoms with Gasteiger partial charge >= 0.3 is 0 Å². The molecule has 7 heteroatoms. The Morgan fingerprint density at radius 1 is 1.50 bits per heavy atom. The van der Waals surface area contributed by atoms with Gasteiger partial charge in [0, 0.05) is 34.5 Å². The van der Waals surface area contributed by atoms with Crippen molar-refractivity contribution in [1.29, 1.82) is 0 Å². The maximum absolute atomic E-state index is 12.0. The monoisotopic (exact) mass is 287 g/mol. The quantitative estimate of drug-likeness (QED) is 0.848. The standard InChI is InChI=1S/C11H14ClN3O2S/c12-9-6-14-10(13)5-8(9)11(16)15-7-1-3-18(17)4-2-7/h5-7H,1-4H2,(H2,13,14)(H,15,16). The van der Waals surface area contributed by atoms with Crippen molar-refractivity contribution in [1.82, 2.24) is 10.3 Å². The Labute approximate surface area is 113 Å². The molecule has 0 bridgehead atoms. The van der Waals surface area contributed by atoms with Crippen molar-refractivity contribution < 1.29 is 9.00 Å². The number of hydrogen-bond donors (Lipinski definition) is 2. The molecule has 0 unspecified atom stereocenters. The Kier molecular flexibility index (Phi) is 4.19. The second kappa shape index (κ2) is 5.67. The van der Waals surface area contributed by atoms with Gasteiger partial charge < -0.3 is 11.1 Å². The number of hydrogen-bond acceptors (Lipinski definition) is 4. The predicted octanol–water partition coefficient (Wildman–Crippen LogP) is 0.958. The van der Waals surface area contributed by atoms with E-state index in [0.29, 0.717) is 17.1 Å². The second-order valence-corrected chi connectivity index (χ2v) is 6.29. The van der Waals surface area contributed by atoms with Crippen molar-refractivity contribution in [2.24, 2.45) is 0 Å². The van der Waals surface area contributed by atoms with Gasteiger partial charge in [0.25, 0.3) is 5.91 Å². The zero-order valence-corrected chi connectivity index (χ0v) is 11.3. The molecule has 3 N–H and O–H groups in total. The van der Waals surface area contributed by atoms with Crippen LogP contribution in [0.25, 0.3) is 0 Å². The molecule has 0 aliphatic carbocycles. The van der Waals surface area contributed by atoms with Crippen molar-refractivity contribution in [2.75, 3.05) is 17.2 Å². The Hall–Kier alpha value is -1.14. The topological polar surface area (TPSA) is 85.1 Å². The number of carbonyl (C=O) groups excluding carboxylic acids is 1. The van der Waals surface area contributed by atoms with Gasteiger partial charge in [-0.25, -0.2) is 4.98 Å². The minimum absolute atomic E-state index is 0.0562. The smallest absolute Gasteiger partial charge is 0.253 e. The number of anilines is 1. The molecule has 2 rings (SSSR count). The number of pyridine rings is 1. The molecule has 0 saturated carbocycles. The number of carbonyl (C=O) groups is 1. The van der Waals surface area contributed by atoms with Gasteiger partial charge in [-0.05, 0) is 18.9 Å². The van der Waals surface area contributed by atoms with E-state index >= 15 is 0 Å².